The summed E-state index contributed by atoms with van der Waals surface area (Å²) in [5.41, 5.74) is -0.212. The Morgan fingerprint density at radius 3 is 2.32 bits per heavy atom. The van der Waals surface area contributed by atoms with E-state index in [0.717, 1.165) is 54.6 Å². The summed E-state index contributed by atoms with van der Waals surface area (Å²) in [7, 11) is 1.86. The largest absolute Gasteiger partial charge is 0.394 e. The number of alkyl halides is 3. The molecule has 5 fully saturated rings. The molecule has 0 unspecified atom stereocenters. The van der Waals surface area contributed by atoms with E-state index in [9.17, 15) is 13.2 Å². The molecule has 11 heteroatoms. The molecule has 0 radical (unpaired) electrons. The second-order valence-electron chi connectivity index (χ2n) is 13.0. The summed E-state index contributed by atoms with van der Waals surface area (Å²) in [4.78, 5) is 23.2. The number of nitrogens with zero attached hydrogens (tertiary/aromatic N) is 6. The Labute approximate surface area is 220 Å². The van der Waals surface area contributed by atoms with Crippen LogP contribution in [0.3, 0.4) is 0 Å². The molecule has 2 aliphatic heterocycles. The molecule has 2 N–H and O–H groups in total. The first-order valence-corrected chi connectivity index (χ1v) is 13.7. The van der Waals surface area contributed by atoms with Gasteiger partial charge in [0.2, 0.25) is 5.95 Å². The standard InChI is InChI=1S/C27H35F3N8/c1-15-7-18(33-14-32-15)37-8-16-5-6-17(9-37)20(16)34-23-35-21(31-4)19-22(36-23)38(13-24(19,2)3)26-10-25(11-26,12-26)27(28,29)30/h7,14,16-17,20H,5-6,8-13H2,1-4H3,(H2,31,34,35,36)/t16-,17+,20-,25?,26?. The molecule has 3 atom stereocenters. The number of halogens is 3. The Balaban J connectivity index is 1.15. The fourth-order valence-electron chi connectivity index (χ4n) is 8.18. The predicted molar refractivity (Wildman–Crippen MR) is 140 cm³/mol. The molecule has 0 amide bonds. The number of fused-ring (bicyclic) bond motifs is 3. The highest BCUT2D eigenvalue weighted by Crippen LogP contribution is 2.76. The lowest BCUT2D eigenvalue weighted by Gasteiger charge is -2.73. The van der Waals surface area contributed by atoms with Crippen molar-refractivity contribution in [3.05, 3.63) is 23.7 Å². The van der Waals surface area contributed by atoms with E-state index in [2.05, 4.69) is 44.2 Å². The first kappa shape index (κ1) is 24.2. The van der Waals surface area contributed by atoms with Gasteiger partial charge in [0.25, 0.3) is 0 Å². The molecule has 6 aliphatic rings. The van der Waals surface area contributed by atoms with E-state index in [-0.39, 0.29) is 30.7 Å². The molecule has 0 aromatic carbocycles. The van der Waals surface area contributed by atoms with Gasteiger partial charge >= 0.3 is 6.18 Å². The maximum absolute atomic E-state index is 13.6. The van der Waals surface area contributed by atoms with Gasteiger partial charge in [-0.25, -0.2) is 9.97 Å². The van der Waals surface area contributed by atoms with Gasteiger partial charge in [0.05, 0.1) is 5.41 Å². The molecule has 4 bridgehead atoms. The fourth-order valence-corrected chi connectivity index (χ4v) is 8.18. The summed E-state index contributed by atoms with van der Waals surface area (Å²) >= 11 is 0. The minimum Gasteiger partial charge on any atom is -0.373 e. The molecule has 38 heavy (non-hydrogen) atoms. The summed E-state index contributed by atoms with van der Waals surface area (Å²) in [5.74, 6) is 4.00. The number of hydrogen-bond donors (Lipinski definition) is 2. The van der Waals surface area contributed by atoms with Crippen molar-refractivity contribution in [2.24, 2.45) is 17.3 Å². The quantitative estimate of drug-likeness (QED) is 0.586. The lowest BCUT2D eigenvalue weighted by atomic mass is 9.38. The molecule has 4 heterocycles. The van der Waals surface area contributed by atoms with Crippen LogP contribution in [-0.2, 0) is 5.41 Å². The van der Waals surface area contributed by atoms with Gasteiger partial charge in [-0.2, -0.15) is 23.1 Å². The third-order valence-corrected chi connectivity index (χ3v) is 10.0. The van der Waals surface area contributed by atoms with Gasteiger partial charge in [-0.05, 0) is 50.9 Å². The van der Waals surface area contributed by atoms with Crippen molar-refractivity contribution in [2.45, 2.75) is 76.0 Å². The van der Waals surface area contributed by atoms with Crippen LogP contribution in [0.1, 0.15) is 57.2 Å². The van der Waals surface area contributed by atoms with E-state index in [0.29, 0.717) is 24.3 Å². The minimum absolute atomic E-state index is 0.172. The van der Waals surface area contributed by atoms with E-state index >= 15 is 0 Å². The van der Waals surface area contributed by atoms with Gasteiger partial charge in [0, 0.05) is 61.0 Å². The average molecular weight is 529 g/mol. The Bertz CT molecular complexity index is 1260. The summed E-state index contributed by atoms with van der Waals surface area (Å²) < 4.78 is 40.9. The van der Waals surface area contributed by atoms with Crippen molar-refractivity contribution in [1.82, 2.24) is 19.9 Å². The van der Waals surface area contributed by atoms with Crippen molar-refractivity contribution in [3.63, 3.8) is 0 Å². The van der Waals surface area contributed by atoms with Crippen LogP contribution in [0.2, 0.25) is 0 Å². The van der Waals surface area contributed by atoms with Gasteiger partial charge in [-0.1, -0.05) is 13.8 Å². The molecule has 2 aromatic rings. The monoisotopic (exact) mass is 528 g/mol. The number of rotatable bonds is 5. The highest BCUT2D eigenvalue weighted by atomic mass is 19.4. The van der Waals surface area contributed by atoms with Crippen LogP contribution in [-0.4, -0.2) is 64.4 Å². The number of aromatic nitrogens is 4. The predicted octanol–water partition coefficient (Wildman–Crippen LogP) is 4.53. The Kier molecular flexibility index (Phi) is 4.86. The zero-order chi connectivity index (χ0) is 26.7. The van der Waals surface area contributed by atoms with Crippen molar-refractivity contribution in [3.8, 4) is 0 Å². The molecule has 0 spiro atoms. The number of anilines is 4. The van der Waals surface area contributed by atoms with E-state index in [1.807, 2.05) is 20.0 Å². The lowest BCUT2D eigenvalue weighted by molar-refractivity contribution is -0.332. The summed E-state index contributed by atoms with van der Waals surface area (Å²) in [5, 5.41) is 6.95. The van der Waals surface area contributed by atoms with Crippen LogP contribution in [0, 0.1) is 24.2 Å². The third kappa shape index (κ3) is 3.28. The first-order valence-electron chi connectivity index (χ1n) is 13.7. The lowest BCUT2D eigenvalue weighted by Crippen LogP contribution is -2.79. The number of nitrogens with one attached hydrogen (secondary N) is 2. The minimum atomic E-state index is -4.13. The number of aryl methyl sites for hydroxylation is 1. The van der Waals surface area contributed by atoms with Crippen molar-refractivity contribution in [1.29, 1.82) is 0 Å². The van der Waals surface area contributed by atoms with Crippen LogP contribution in [0.15, 0.2) is 12.4 Å². The van der Waals surface area contributed by atoms with Gasteiger partial charge in [-0.15, -0.1) is 0 Å². The molecular weight excluding hydrogens is 493 g/mol. The van der Waals surface area contributed by atoms with Crippen molar-refractivity contribution in [2.75, 3.05) is 47.1 Å². The molecule has 1 saturated heterocycles. The second kappa shape index (κ2) is 7.63. The maximum Gasteiger partial charge on any atom is 0.394 e. The normalized spacial score (nSPS) is 34.4. The Morgan fingerprint density at radius 1 is 1.03 bits per heavy atom. The van der Waals surface area contributed by atoms with E-state index in [4.69, 9.17) is 9.97 Å². The average Bonchev–Trinajstić information content (AvgIpc) is 3.17. The number of hydrogen-bond acceptors (Lipinski definition) is 8. The van der Waals surface area contributed by atoms with E-state index in [1.54, 1.807) is 6.33 Å². The summed E-state index contributed by atoms with van der Waals surface area (Å²) in [6.07, 6.45) is 0.288. The smallest absolute Gasteiger partial charge is 0.373 e. The molecule has 204 valence electrons. The Morgan fingerprint density at radius 2 is 1.71 bits per heavy atom. The third-order valence-electron chi connectivity index (χ3n) is 10.0. The van der Waals surface area contributed by atoms with Gasteiger partial charge in [0.15, 0.2) is 0 Å². The number of piperidine rings is 1. The van der Waals surface area contributed by atoms with E-state index in [1.165, 1.54) is 0 Å². The SMILES string of the molecule is CNc1nc(N[C@@H]2[C@@H]3CC[C@H]2CN(c2cc(C)ncn2)C3)nc2c1C(C)(C)CN2C12CC(C(F)(F)F)(C1)C2. The van der Waals surface area contributed by atoms with Gasteiger partial charge in [0.1, 0.15) is 23.8 Å². The van der Waals surface area contributed by atoms with Gasteiger partial charge in [-0.3, -0.25) is 0 Å². The first-order chi connectivity index (χ1) is 17.9. The molecule has 8 rings (SSSR count). The highest BCUT2D eigenvalue weighted by molar-refractivity contribution is 5.71. The fraction of sp³-hybridized carbons (Fsp3) is 0.704. The zero-order valence-electron chi connectivity index (χ0n) is 22.4. The van der Waals surface area contributed by atoms with Crippen LogP contribution in [0.25, 0.3) is 0 Å². The van der Waals surface area contributed by atoms with Crippen LogP contribution >= 0.6 is 0 Å². The second-order valence-corrected chi connectivity index (χ2v) is 13.0. The van der Waals surface area contributed by atoms with E-state index < -0.39 is 17.1 Å². The van der Waals surface area contributed by atoms with Crippen LogP contribution in [0.5, 0.6) is 0 Å². The maximum atomic E-state index is 13.6. The molecule has 2 aromatic heterocycles. The molecule has 8 nitrogen and oxygen atoms in total. The van der Waals surface area contributed by atoms with Crippen LogP contribution in [0.4, 0.5) is 36.6 Å². The zero-order valence-corrected chi connectivity index (χ0v) is 22.4. The van der Waals surface area contributed by atoms with Crippen molar-refractivity contribution >= 4 is 23.4 Å². The van der Waals surface area contributed by atoms with Gasteiger partial charge < -0.3 is 20.4 Å². The Hall–Kier alpha value is -2.85. The molecular formula is C27H35F3N8. The molecule has 4 aliphatic carbocycles. The topological polar surface area (TPSA) is 82.1 Å². The van der Waals surface area contributed by atoms with Crippen LogP contribution < -0.4 is 20.4 Å². The highest BCUT2D eigenvalue weighted by Gasteiger charge is 2.81. The summed E-state index contributed by atoms with van der Waals surface area (Å²) in [6, 6.07) is 2.29. The molecule has 4 saturated carbocycles. The van der Waals surface area contributed by atoms with Crippen molar-refractivity contribution < 1.29 is 13.2 Å². The summed E-state index contributed by atoms with van der Waals surface area (Å²) in [6.45, 7) is 8.74.